The summed E-state index contributed by atoms with van der Waals surface area (Å²) in [6.07, 6.45) is -1.11. The van der Waals surface area contributed by atoms with E-state index in [1.165, 1.54) is 0 Å². The molecule has 0 aliphatic heterocycles. The maximum absolute atomic E-state index is 12.1. The Morgan fingerprint density at radius 3 is 2.77 bits per heavy atom. The Kier molecular flexibility index (Phi) is 3.02. The van der Waals surface area contributed by atoms with E-state index in [0.29, 0.717) is 12.0 Å². The minimum atomic E-state index is -2.61. The van der Waals surface area contributed by atoms with Gasteiger partial charge in [0.1, 0.15) is 0 Å². The third-order valence-electron chi connectivity index (χ3n) is 1.60. The van der Waals surface area contributed by atoms with Gasteiger partial charge < -0.3 is 5.73 Å². The van der Waals surface area contributed by atoms with E-state index in [1.54, 1.807) is 0 Å². The van der Waals surface area contributed by atoms with Crippen molar-refractivity contribution in [2.45, 2.75) is 13.0 Å². The molecule has 2 N–H and O–H groups in total. The zero-order chi connectivity index (χ0) is 9.84. The maximum Gasteiger partial charge on any atom is 0.265 e. The molecule has 0 unspecified atom stereocenters. The third kappa shape index (κ3) is 2.06. The maximum atomic E-state index is 12.1. The average Bonchev–Trinajstić information content (AvgIpc) is 2.16. The Hall–Kier alpha value is -1.36. The molecule has 0 aliphatic carbocycles. The standard InChI is InChI=1S/C8H8F2N2O/c9-8(10)5-1-6(4-13)7(2-11)12-3-5/h1,3-4,8H,2,11H2. The van der Waals surface area contributed by atoms with Crippen LogP contribution in [0.4, 0.5) is 8.78 Å². The van der Waals surface area contributed by atoms with Crippen LogP contribution in [0.5, 0.6) is 0 Å². The van der Waals surface area contributed by atoms with Gasteiger partial charge in [-0.3, -0.25) is 9.78 Å². The lowest BCUT2D eigenvalue weighted by Crippen LogP contribution is -2.05. The molecule has 1 aromatic rings. The highest BCUT2D eigenvalue weighted by Gasteiger charge is 2.10. The van der Waals surface area contributed by atoms with Crippen molar-refractivity contribution in [3.8, 4) is 0 Å². The van der Waals surface area contributed by atoms with Crippen LogP contribution in [0.2, 0.25) is 0 Å². The van der Waals surface area contributed by atoms with Gasteiger partial charge in [-0.2, -0.15) is 0 Å². The van der Waals surface area contributed by atoms with Crippen LogP contribution >= 0.6 is 0 Å². The smallest absolute Gasteiger partial charge is 0.265 e. The summed E-state index contributed by atoms with van der Waals surface area (Å²) < 4.78 is 24.3. The predicted molar refractivity (Wildman–Crippen MR) is 42.5 cm³/mol. The average molecular weight is 186 g/mol. The SMILES string of the molecule is NCc1ncc(C(F)F)cc1C=O. The fourth-order valence-corrected chi connectivity index (χ4v) is 0.919. The van der Waals surface area contributed by atoms with Crippen molar-refractivity contribution in [2.75, 3.05) is 0 Å². The zero-order valence-electron chi connectivity index (χ0n) is 6.71. The number of hydrogen-bond acceptors (Lipinski definition) is 3. The van der Waals surface area contributed by atoms with Gasteiger partial charge >= 0.3 is 0 Å². The number of carbonyl (C=O) groups excluding carboxylic acids is 1. The van der Waals surface area contributed by atoms with E-state index in [0.717, 1.165) is 12.3 Å². The molecule has 1 heterocycles. The monoisotopic (exact) mass is 186 g/mol. The molecule has 1 aromatic heterocycles. The van der Waals surface area contributed by atoms with Gasteiger partial charge in [0.25, 0.3) is 6.43 Å². The Morgan fingerprint density at radius 1 is 1.62 bits per heavy atom. The van der Waals surface area contributed by atoms with Gasteiger partial charge in [-0.25, -0.2) is 8.78 Å². The molecule has 0 atom stereocenters. The molecule has 0 fully saturated rings. The highest BCUT2D eigenvalue weighted by atomic mass is 19.3. The molecular weight excluding hydrogens is 178 g/mol. The Bertz CT molecular complexity index is 315. The minimum absolute atomic E-state index is 0.0671. The minimum Gasteiger partial charge on any atom is -0.325 e. The first kappa shape index (κ1) is 9.73. The van der Waals surface area contributed by atoms with Crippen LogP contribution in [-0.4, -0.2) is 11.3 Å². The second-order valence-corrected chi connectivity index (χ2v) is 2.43. The summed E-state index contributed by atoms with van der Waals surface area (Å²) in [5.41, 5.74) is 5.44. The van der Waals surface area contributed by atoms with E-state index in [-0.39, 0.29) is 17.7 Å². The van der Waals surface area contributed by atoms with Gasteiger partial charge in [-0.15, -0.1) is 0 Å². The van der Waals surface area contributed by atoms with Crippen LogP contribution in [0.15, 0.2) is 12.3 Å². The number of alkyl halides is 2. The molecule has 0 bridgehead atoms. The van der Waals surface area contributed by atoms with Gasteiger partial charge in [0.2, 0.25) is 0 Å². The molecule has 0 aromatic carbocycles. The van der Waals surface area contributed by atoms with Crippen LogP contribution in [-0.2, 0) is 6.54 Å². The summed E-state index contributed by atoms with van der Waals surface area (Å²) in [5.74, 6) is 0. The van der Waals surface area contributed by atoms with Crippen LogP contribution in [0.25, 0.3) is 0 Å². The van der Waals surface area contributed by atoms with E-state index in [9.17, 15) is 13.6 Å². The van der Waals surface area contributed by atoms with E-state index in [2.05, 4.69) is 4.98 Å². The molecular formula is C8H8F2N2O. The summed E-state index contributed by atoms with van der Waals surface area (Å²) in [6.45, 7) is 0.0671. The number of hydrogen-bond donors (Lipinski definition) is 1. The molecule has 70 valence electrons. The molecule has 0 radical (unpaired) electrons. The lowest BCUT2D eigenvalue weighted by Gasteiger charge is -2.03. The summed E-state index contributed by atoms with van der Waals surface area (Å²) in [7, 11) is 0. The Labute approximate surface area is 73.6 Å². The highest BCUT2D eigenvalue weighted by molar-refractivity contribution is 5.76. The summed E-state index contributed by atoms with van der Waals surface area (Å²) >= 11 is 0. The Balaban J connectivity index is 3.13. The number of rotatable bonds is 3. The van der Waals surface area contributed by atoms with Crippen LogP contribution in [0.1, 0.15) is 28.0 Å². The molecule has 1 rings (SSSR count). The fraction of sp³-hybridized carbons (Fsp3) is 0.250. The van der Waals surface area contributed by atoms with Gasteiger partial charge in [0.15, 0.2) is 6.29 Å². The molecule has 0 spiro atoms. The molecule has 0 saturated carbocycles. The largest absolute Gasteiger partial charge is 0.325 e. The van der Waals surface area contributed by atoms with Crippen molar-refractivity contribution in [1.82, 2.24) is 4.98 Å². The quantitative estimate of drug-likeness (QED) is 0.723. The molecule has 13 heavy (non-hydrogen) atoms. The lowest BCUT2D eigenvalue weighted by molar-refractivity contribution is 0.112. The van der Waals surface area contributed by atoms with Crippen molar-refractivity contribution in [1.29, 1.82) is 0 Å². The van der Waals surface area contributed by atoms with E-state index >= 15 is 0 Å². The lowest BCUT2D eigenvalue weighted by atomic mass is 10.1. The first-order chi connectivity index (χ1) is 6.19. The second-order valence-electron chi connectivity index (χ2n) is 2.43. The van der Waals surface area contributed by atoms with E-state index in [1.807, 2.05) is 0 Å². The summed E-state index contributed by atoms with van der Waals surface area (Å²) in [5, 5.41) is 0. The van der Waals surface area contributed by atoms with E-state index in [4.69, 9.17) is 5.73 Å². The second kappa shape index (κ2) is 4.04. The van der Waals surface area contributed by atoms with Gasteiger partial charge in [-0.1, -0.05) is 0 Å². The number of aromatic nitrogens is 1. The Morgan fingerprint density at radius 2 is 2.31 bits per heavy atom. The van der Waals surface area contributed by atoms with Crippen LogP contribution in [0.3, 0.4) is 0 Å². The molecule has 0 amide bonds. The molecule has 0 saturated heterocycles. The summed E-state index contributed by atoms with van der Waals surface area (Å²) in [6, 6.07) is 1.10. The number of nitrogens with two attached hydrogens (primary N) is 1. The molecule has 0 aliphatic rings. The van der Waals surface area contributed by atoms with Crippen molar-refractivity contribution in [3.05, 3.63) is 29.1 Å². The van der Waals surface area contributed by atoms with Crippen molar-refractivity contribution in [2.24, 2.45) is 5.73 Å². The fourth-order valence-electron chi connectivity index (χ4n) is 0.919. The van der Waals surface area contributed by atoms with Crippen LogP contribution < -0.4 is 5.73 Å². The van der Waals surface area contributed by atoms with Crippen molar-refractivity contribution in [3.63, 3.8) is 0 Å². The molecule has 5 heteroatoms. The number of nitrogens with zero attached hydrogens (tertiary/aromatic N) is 1. The van der Waals surface area contributed by atoms with E-state index < -0.39 is 6.43 Å². The summed E-state index contributed by atoms with van der Waals surface area (Å²) in [4.78, 5) is 14.1. The van der Waals surface area contributed by atoms with Gasteiger partial charge in [0, 0.05) is 23.9 Å². The predicted octanol–water partition coefficient (Wildman–Crippen LogP) is 1.29. The zero-order valence-corrected chi connectivity index (χ0v) is 6.71. The third-order valence-corrected chi connectivity index (χ3v) is 1.60. The number of pyridine rings is 1. The first-order valence-electron chi connectivity index (χ1n) is 3.61. The number of aldehydes is 1. The highest BCUT2D eigenvalue weighted by Crippen LogP contribution is 2.19. The topological polar surface area (TPSA) is 56.0 Å². The number of carbonyl (C=O) groups is 1. The van der Waals surface area contributed by atoms with Crippen molar-refractivity contribution >= 4 is 6.29 Å². The van der Waals surface area contributed by atoms with Crippen molar-refractivity contribution < 1.29 is 13.6 Å². The van der Waals surface area contributed by atoms with Gasteiger partial charge in [0.05, 0.1) is 5.69 Å². The van der Waals surface area contributed by atoms with Gasteiger partial charge in [-0.05, 0) is 6.07 Å². The first-order valence-corrected chi connectivity index (χ1v) is 3.61. The van der Waals surface area contributed by atoms with Crippen LogP contribution in [0, 0.1) is 0 Å². The normalized spacial score (nSPS) is 10.5. The molecule has 3 nitrogen and oxygen atoms in total. The number of halogens is 2.